The second-order valence-corrected chi connectivity index (χ2v) is 7.55. The zero-order valence-electron chi connectivity index (χ0n) is 13.3. The smallest absolute Gasteiger partial charge is 0.0728 e. The van der Waals surface area contributed by atoms with Crippen molar-refractivity contribution in [2.75, 3.05) is 0 Å². The van der Waals surface area contributed by atoms with Crippen molar-refractivity contribution in [3.63, 3.8) is 0 Å². The summed E-state index contributed by atoms with van der Waals surface area (Å²) < 4.78 is 0. The number of fused-ring (bicyclic) bond motifs is 1. The summed E-state index contributed by atoms with van der Waals surface area (Å²) in [4.78, 5) is 4.73. The number of nitrogens with zero attached hydrogens (tertiary/aromatic N) is 1. The first-order valence-electron chi connectivity index (χ1n) is 7.95. The zero-order valence-corrected chi connectivity index (χ0v) is 13.3. The lowest BCUT2D eigenvalue weighted by Gasteiger charge is -2.45. The molecule has 2 heteroatoms. The number of rotatable bonds is 2. The molecule has 0 radical (unpaired) electrons. The van der Waals surface area contributed by atoms with Crippen molar-refractivity contribution in [2.45, 2.75) is 52.1 Å². The topological polar surface area (TPSA) is 33.1 Å². The Morgan fingerprint density at radius 3 is 2.67 bits per heavy atom. The van der Waals surface area contributed by atoms with E-state index in [1.54, 1.807) is 0 Å². The van der Waals surface area contributed by atoms with Gasteiger partial charge < -0.3 is 5.11 Å². The molecule has 3 rings (SSSR count). The van der Waals surface area contributed by atoms with Gasteiger partial charge in [0.1, 0.15) is 0 Å². The summed E-state index contributed by atoms with van der Waals surface area (Å²) >= 11 is 0. The van der Waals surface area contributed by atoms with Crippen molar-refractivity contribution in [3.8, 4) is 0 Å². The first-order chi connectivity index (χ1) is 9.88. The van der Waals surface area contributed by atoms with Gasteiger partial charge in [0.2, 0.25) is 0 Å². The molecular weight excluding hydrogens is 258 g/mol. The van der Waals surface area contributed by atoms with Crippen LogP contribution in [0.4, 0.5) is 0 Å². The summed E-state index contributed by atoms with van der Waals surface area (Å²) in [6, 6.07) is 12.3. The first kappa shape index (κ1) is 14.5. The highest BCUT2D eigenvalue weighted by atomic mass is 16.3. The van der Waals surface area contributed by atoms with Crippen LogP contribution in [0, 0.1) is 11.3 Å². The normalized spacial score (nSPS) is 28.7. The van der Waals surface area contributed by atoms with E-state index in [1.165, 1.54) is 0 Å². The van der Waals surface area contributed by atoms with Gasteiger partial charge in [-0.3, -0.25) is 4.98 Å². The lowest BCUT2D eigenvalue weighted by Crippen LogP contribution is -2.45. The molecule has 0 spiro atoms. The molecule has 2 unspecified atom stereocenters. The van der Waals surface area contributed by atoms with E-state index in [4.69, 9.17) is 4.98 Å². The predicted octanol–water partition coefficient (Wildman–Crippen LogP) is 4.35. The van der Waals surface area contributed by atoms with Gasteiger partial charge in [-0.1, -0.05) is 45.0 Å². The maximum absolute atomic E-state index is 11.1. The molecule has 1 aromatic heterocycles. The Labute approximate surface area is 127 Å². The van der Waals surface area contributed by atoms with Crippen LogP contribution < -0.4 is 0 Å². The SMILES string of the molecule is CC1CC(C)(C)CCC1(O)Cc1ccc2ccccc2n1. The van der Waals surface area contributed by atoms with Crippen molar-refractivity contribution in [1.29, 1.82) is 0 Å². The molecule has 2 aromatic rings. The fourth-order valence-corrected chi connectivity index (χ4v) is 3.71. The highest BCUT2D eigenvalue weighted by Crippen LogP contribution is 2.45. The Morgan fingerprint density at radius 2 is 1.90 bits per heavy atom. The van der Waals surface area contributed by atoms with Crippen LogP contribution in [-0.2, 0) is 6.42 Å². The van der Waals surface area contributed by atoms with E-state index in [-0.39, 0.29) is 0 Å². The quantitative estimate of drug-likeness (QED) is 0.888. The predicted molar refractivity (Wildman–Crippen MR) is 87.2 cm³/mol. The van der Waals surface area contributed by atoms with Gasteiger partial charge in [0.05, 0.1) is 11.1 Å². The van der Waals surface area contributed by atoms with E-state index < -0.39 is 5.60 Å². The van der Waals surface area contributed by atoms with Gasteiger partial charge in [-0.25, -0.2) is 0 Å². The Balaban J connectivity index is 1.84. The molecule has 0 aliphatic heterocycles. The largest absolute Gasteiger partial charge is 0.389 e. The standard InChI is InChI=1S/C19H25NO/c1-14-12-18(2,3)10-11-19(14,21)13-16-9-8-15-6-4-5-7-17(15)20-16/h4-9,14,21H,10-13H2,1-3H3. The molecule has 1 N–H and O–H groups in total. The number of benzene rings is 1. The molecule has 1 heterocycles. The van der Waals surface area contributed by atoms with Crippen LogP contribution in [0.3, 0.4) is 0 Å². The van der Waals surface area contributed by atoms with Crippen LogP contribution in [0.2, 0.25) is 0 Å². The highest BCUT2D eigenvalue weighted by Gasteiger charge is 2.42. The van der Waals surface area contributed by atoms with E-state index in [2.05, 4.69) is 39.0 Å². The molecule has 1 aliphatic carbocycles. The monoisotopic (exact) mass is 283 g/mol. The summed E-state index contributed by atoms with van der Waals surface area (Å²) in [6.07, 6.45) is 3.70. The van der Waals surface area contributed by atoms with Crippen LogP contribution >= 0.6 is 0 Å². The summed E-state index contributed by atoms with van der Waals surface area (Å²) in [5.74, 6) is 0.314. The van der Waals surface area contributed by atoms with E-state index in [1.807, 2.05) is 18.2 Å². The fraction of sp³-hybridized carbons (Fsp3) is 0.526. The average Bonchev–Trinajstić information content (AvgIpc) is 2.43. The summed E-state index contributed by atoms with van der Waals surface area (Å²) in [5, 5.41) is 12.2. The van der Waals surface area contributed by atoms with Crippen molar-refractivity contribution < 1.29 is 5.11 Å². The maximum atomic E-state index is 11.1. The molecular formula is C19H25NO. The van der Waals surface area contributed by atoms with Gasteiger partial charge in [0.15, 0.2) is 0 Å². The molecule has 112 valence electrons. The summed E-state index contributed by atoms with van der Waals surface area (Å²) in [7, 11) is 0. The van der Waals surface area contributed by atoms with Gasteiger partial charge in [-0.15, -0.1) is 0 Å². The van der Waals surface area contributed by atoms with Crippen molar-refractivity contribution in [3.05, 3.63) is 42.1 Å². The summed E-state index contributed by atoms with van der Waals surface area (Å²) in [5.41, 5.74) is 1.76. The van der Waals surface area contributed by atoms with Gasteiger partial charge in [0, 0.05) is 17.5 Å². The molecule has 21 heavy (non-hydrogen) atoms. The van der Waals surface area contributed by atoms with Gasteiger partial charge in [0.25, 0.3) is 0 Å². The molecule has 1 aromatic carbocycles. The Kier molecular flexibility index (Phi) is 3.53. The molecule has 2 nitrogen and oxygen atoms in total. The third kappa shape index (κ3) is 2.96. The minimum atomic E-state index is -0.606. The second kappa shape index (κ2) is 5.10. The number of hydrogen-bond donors (Lipinski definition) is 1. The van der Waals surface area contributed by atoms with Crippen LogP contribution in [0.5, 0.6) is 0 Å². The Morgan fingerprint density at radius 1 is 1.14 bits per heavy atom. The zero-order chi connectivity index (χ0) is 15.1. The lowest BCUT2D eigenvalue weighted by molar-refractivity contribution is -0.0709. The van der Waals surface area contributed by atoms with E-state index >= 15 is 0 Å². The third-order valence-corrected chi connectivity index (χ3v) is 5.15. The van der Waals surface area contributed by atoms with Crippen molar-refractivity contribution >= 4 is 10.9 Å². The second-order valence-electron chi connectivity index (χ2n) is 7.55. The molecule has 0 saturated heterocycles. The van der Waals surface area contributed by atoms with Crippen LogP contribution in [0.1, 0.15) is 45.7 Å². The minimum Gasteiger partial charge on any atom is -0.389 e. The maximum Gasteiger partial charge on any atom is 0.0728 e. The molecule has 1 fully saturated rings. The average molecular weight is 283 g/mol. The van der Waals surface area contributed by atoms with Crippen LogP contribution in [-0.4, -0.2) is 15.7 Å². The Bertz CT molecular complexity index is 649. The number of pyridine rings is 1. The van der Waals surface area contributed by atoms with E-state index in [0.717, 1.165) is 35.9 Å². The summed E-state index contributed by atoms with van der Waals surface area (Å²) in [6.45, 7) is 6.79. The third-order valence-electron chi connectivity index (χ3n) is 5.15. The first-order valence-corrected chi connectivity index (χ1v) is 7.95. The lowest BCUT2D eigenvalue weighted by atomic mass is 9.64. The minimum absolute atomic E-state index is 0.314. The number of aromatic nitrogens is 1. The van der Waals surface area contributed by atoms with Gasteiger partial charge in [-0.05, 0) is 42.7 Å². The van der Waals surface area contributed by atoms with E-state index in [0.29, 0.717) is 17.8 Å². The fourth-order valence-electron chi connectivity index (χ4n) is 3.71. The Hall–Kier alpha value is -1.41. The van der Waals surface area contributed by atoms with Crippen molar-refractivity contribution in [2.24, 2.45) is 11.3 Å². The molecule has 0 amide bonds. The van der Waals surface area contributed by atoms with E-state index in [9.17, 15) is 5.11 Å². The number of aliphatic hydroxyl groups is 1. The molecule has 1 aliphatic rings. The van der Waals surface area contributed by atoms with Crippen LogP contribution in [0.15, 0.2) is 36.4 Å². The highest BCUT2D eigenvalue weighted by molar-refractivity contribution is 5.78. The molecule has 0 bridgehead atoms. The van der Waals surface area contributed by atoms with Gasteiger partial charge >= 0.3 is 0 Å². The number of para-hydroxylation sites is 1. The number of hydrogen-bond acceptors (Lipinski definition) is 2. The van der Waals surface area contributed by atoms with Gasteiger partial charge in [-0.2, -0.15) is 0 Å². The van der Waals surface area contributed by atoms with Crippen LogP contribution in [0.25, 0.3) is 10.9 Å². The molecule has 2 atom stereocenters. The molecule has 1 saturated carbocycles. The van der Waals surface area contributed by atoms with Crippen molar-refractivity contribution in [1.82, 2.24) is 4.98 Å².